The molecule has 0 unspecified atom stereocenters. The first-order valence-electron chi connectivity index (χ1n) is 5.91. The Bertz CT molecular complexity index is 540. The third kappa shape index (κ3) is 4.10. The van der Waals surface area contributed by atoms with E-state index >= 15 is 0 Å². The summed E-state index contributed by atoms with van der Waals surface area (Å²) in [6.07, 6.45) is 0. The van der Waals surface area contributed by atoms with E-state index < -0.39 is 5.97 Å². The van der Waals surface area contributed by atoms with Gasteiger partial charge in [0.05, 0.1) is 0 Å². The van der Waals surface area contributed by atoms with Crippen LogP contribution in [0.25, 0.3) is 0 Å². The quantitative estimate of drug-likeness (QED) is 0.916. The molecule has 98 valence electrons. The number of rotatable bonds is 5. The zero-order chi connectivity index (χ0) is 13.7. The molecule has 0 saturated carbocycles. The minimum atomic E-state index is -0.832. The number of para-hydroxylation sites is 1. The zero-order valence-corrected chi connectivity index (χ0v) is 11.9. The van der Waals surface area contributed by atoms with E-state index in [0.29, 0.717) is 6.54 Å². The molecule has 2 rings (SSSR count). The van der Waals surface area contributed by atoms with E-state index in [0.717, 1.165) is 15.7 Å². The number of benzene rings is 2. The first-order valence-corrected chi connectivity index (χ1v) is 6.70. The molecule has 2 aromatic rings. The van der Waals surface area contributed by atoms with E-state index in [2.05, 4.69) is 15.9 Å². The lowest BCUT2D eigenvalue weighted by Gasteiger charge is -2.23. The summed E-state index contributed by atoms with van der Waals surface area (Å²) in [5.74, 6) is -0.832. The van der Waals surface area contributed by atoms with Crippen molar-refractivity contribution in [3.63, 3.8) is 0 Å². The summed E-state index contributed by atoms with van der Waals surface area (Å²) in [7, 11) is 0. The zero-order valence-electron chi connectivity index (χ0n) is 10.3. The standard InChI is InChI=1S/C15H14BrNO2/c16-13-8-6-12(7-9-13)10-17(11-15(18)19)14-4-2-1-3-5-14/h1-9H,10-11H2,(H,18,19). The van der Waals surface area contributed by atoms with Gasteiger partial charge in [-0.05, 0) is 29.8 Å². The minimum Gasteiger partial charge on any atom is -0.480 e. The van der Waals surface area contributed by atoms with Crippen LogP contribution in [0.15, 0.2) is 59.1 Å². The fraction of sp³-hybridized carbons (Fsp3) is 0.133. The van der Waals surface area contributed by atoms with Crippen LogP contribution in [0.1, 0.15) is 5.56 Å². The SMILES string of the molecule is O=C(O)CN(Cc1ccc(Br)cc1)c1ccccc1. The van der Waals surface area contributed by atoms with Crippen LogP contribution < -0.4 is 4.90 Å². The highest BCUT2D eigenvalue weighted by molar-refractivity contribution is 9.10. The maximum absolute atomic E-state index is 11.0. The van der Waals surface area contributed by atoms with Crippen molar-refractivity contribution in [2.45, 2.75) is 6.54 Å². The second-order valence-corrected chi connectivity index (χ2v) is 5.13. The number of carboxylic acids is 1. The predicted molar refractivity (Wildman–Crippen MR) is 79.3 cm³/mol. The van der Waals surface area contributed by atoms with Crippen LogP contribution in [-0.2, 0) is 11.3 Å². The van der Waals surface area contributed by atoms with Crippen molar-refractivity contribution < 1.29 is 9.90 Å². The van der Waals surface area contributed by atoms with Gasteiger partial charge in [-0.3, -0.25) is 4.79 Å². The number of anilines is 1. The second-order valence-electron chi connectivity index (χ2n) is 4.21. The van der Waals surface area contributed by atoms with Crippen molar-refractivity contribution in [3.05, 3.63) is 64.6 Å². The summed E-state index contributed by atoms with van der Waals surface area (Å²) in [6, 6.07) is 17.5. The van der Waals surface area contributed by atoms with E-state index in [1.807, 2.05) is 59.5 Å². The molecule has 2 aromatic carbocycles. The molecule has 0 saturated heterocycles. The van der Waals surface area contributed by atoms with Gasteiger partial charge in [-0.15, -0.1) is 0 Å². The van der Waals surface area contributed by atoms with E-state index in [9.17, 15) is 4.79 Å². The summed E-state index contributed by atoms with van der Waals surface area (Å²) in [6.45, 7) is 0.559. The van der Waals surface area contributed by atoms with Crippen LogP contribution >= 0.6 is 15.9 Å². The normalized spacial score (nSPS) is 10.2. The summed E-state index contributed by atoms with van der Waals surface area (Å²) in [4.78, 5) is 12.8. The molecule has 3 nitrogen and oxygen atoms in total. The third-order valence-electron chi connectivity index (χ3n) is 2.73. The summed E-state index contributed by atoms with van der Waals surface area (Å²) in [5.41, 5.74) is 1.99. The molecule has 4 heteroatoms. The molecule has 19 heavy (non-hydrogen) atoms. The van der Waals surface area contributed by atoms with Crippen LogP contribution in [0.5, 0.6) is 0 Å². The van der Waals surface area contributed by atoms with Crippen molar-refractivity contribution in [2.24, 2.45) is 0 Å². The lowest BCUT2D eigenvalue weighted by Crippen LogP contribution is -2.29. The smallest absolute Gasteiger partial charge is 0.323 e. The summed E-state index contributed by atoms with van der Waals surface area (Å²) in [5, 5.41) is 9.02. The lowest BCUT2D eigenvalue weighted by molar-refractivity contribution is -0.135. The fourth-order valence-electron chi connectivity index (χ4n) is 1.85. The number of hydrogen-bond donors (Lipinski definition) is 1. The molecule has 0 aliphatic rings. The van der Waals surface area contributed by atoms with Crippen LogP contribution in [0.2, 0.25) is 0 Å². The number of aliphatic carboxylic acids is 1. The molecule has 0 aliphatic heterocycles. The van der Waals surface area contributed by atoms with Crippen LogP contribution in [0.3, 0.4) is 0 Å². The number of hydrogen-bond acceptors (Lipinski definition) is 2. The summed E-state index contributed by atoms with van der Waals surface area (Å²) < 4.78 is 1.01. The Labute approximate surface area is 120 Å². The first-order chi connectivity index (χ1) is 9.15. The molecule has 0 spiro atoms. The van der Waals surface area contributed by atoms with Crippen molar-refractivity contribution in [3.8, 4) is 0 Å². The largest absolute Gasteiger partial charge is 0.480 e. The Hall–Kier alpha value is -1.81. The fourth-order valence-corrected chi connectivity index (χ4v) is 2.12. The monoisotopic (exact) mass is 319 g/mol. The van der Waals surface area contributed by atoms with Gasteiger partial charge in [0.2, 0.25) is 0 Å². The van der Waals surface area contributed by atoms with Crippen LogP contribution in [-0.4, -0.2) is 17.6 Å². The topological polar surface area (TPSA) is 40.5 Å². The molecule has 0 fully saturated rings. The first kappa shape index (κ1) is 13.6. The maximum atomic E-state index is 11.0. The Morgan fingerprint density at radius 1 is 1.05 bits per heavy atom. The Morgan fingerprint density at radius 3 is 2.26 bits per heavy atom. The van der Waals surface area contributed by atoms with Crippen LogP contribution in [0, 0.1) is 0 Å². The van der Waals surface area contributed by atoms with Crippen molar-refractivity contribution in [2.75, 3.05) is 11.4 Å². The molecule has 0 radical (unpaired) electrons. The Balaban J connectivity index is 2.19. The van der Waals surface area contributed by atoms with Gasteiger partial charge in [-0.2, -0.15) is 0 Å². The average molecular weight is 320 g/mol. The Morgan fingerprint density at radius 2 is 1.68 bits per heavy atom. The number of nitrogens with zero attached hydrogens (tertiary/aromatic N) is 1. The Kier molecular flexibility index (Phi) is 4.58. The number of carbonyl (C=O) groups is 1. The average Bonchev–Trinajstić information content (AvgIpc) is 2.41. The molecular formula is C15H14BrNO2. The molecule has 0 atom stereocenters. The van der Waals surface area contributed by atoms with E-state index in [1.165, 1.54) is 0 Å². The number of carboxylic acid groups (broad SMARTS) is 1. The maximum Gasteiger partial charge on any atom is 0.323 e. The van der Waals surface area contributed by atoms with Crippen molar-refractivity contribution >= 4 is 27.6 Å². The van der Waals surface area contributed by atoms with Gasteiger partial charge in [0.1, 0.15) is 6.54 Å². The molecule has 0 heterocycles. The third-order valence-corrected chi connectivity index (χ3v) is 3.26. The van der Waals surface area contributed by atoms with Gasteiger partial charge >= 0.3 is 5.97 Å². The van der Waals surface area contributed by atoms with E-state index in [4.69, 9.17) is 5.11 Å². The number of halogens is 1. The van der Waals surface area contributed by atoms with Gasteiger partial charge in [0, 0.05) is 16.7 Å². The van der Waals surface area contributed by atoms with E-state index in [-0.39, 0.29) is 6.54 Å². The highest BCUT2D eigenvalue weighted by atomic mass is 79.9. The molecule has 0 amide bonds. The van der Waals surface area contributed by atoms with Gasteiger partial charge in [-0.1, -0.05) is 46.3 Å². The highest BCUT2D eigenvalue weighted by Gasteiger charge is 2.10. The predicted octanol–water partition coefficient (Wildman–Crippen LogP) is 3.54. The minimum absolute atomic E-state index is 0.0138. The molecular weight excluding hydrogens is 306 g/mol. The molecule has 1 N–H and O–H groups in total. The van der Waals surface area contributed by atoms with Gasteiger partial charge in [0.25, 0.3) is 0 Å². The lowest BCUT2D eigenvalue weighted by atomic mass is 10.2. The second kappa shape index (κ2) is 6.38. The molecule has 0 aliphatic carbocycles. The molecule has 0 aromatic heterocycles. The molecule has 0 bridgehead atoms. The highest BCUT2D eigenvalue weighted by Crippen LogP contribution is 2.18. The summed E-state index contributed by atoms with van der Waals surface area (Å²) >= 11 is 3.39. The van der Waals surface area contributed by atoms with Gasteiger partial charge in [-0.25, -0.2) is 0 Å². The van der Waals surface area contributed by atoms with Crippen LogP contribution in [0.4, 0.5) is 5.69 Å². The van der Waals surface area contributed by atoms with Gasteiger partial charge in [0.15, 0.2) is 0 Å². The van der Waals surface area contributed by atoms with Gasteiger partial charge < -0.3 is 10.0 Å². The van der Waals surface area contributed by atoms with Crippen molar-refractivity contribution in [1.82, 2.24) is 0 Å². The van der Waals surface area contributed by atoms with E-state index in [1.54, 1.807) is 0 Å². The van der Waals surface area contributed by atoms with Crippen molar-refractivity contribution in [1.29, 1.82) is 0 Å².